The molecule has 0 aliphatic heterocycles. The van der Waals surface area contributed by atoms with Gasteiger partial charge in [-0.05, 0) is 36.2 Å². The quantitative estimate of drug-likeness (QED) is 0.182. The molecular weight excluding hydrogens is 562 g/mol. The van der Waals surface area contributed by atoms with E-state index in [1.807, 2.05) is 24.3 Å². The van der Waals surface area contributed by atoms with Gasteiger partial charge in [0.25, 0.3) is 5.91 Å². The molecule has 0 aliphatic rings. The molecule has 0 radical (unpaired) electrons. The molecule has 0 atom stereocenters. The van der Waals surface area contributed by atoms with Gasteiger partial charge in [-0.1, -0.05) is 48.0 Å². The third kappa shape index (κ3) is 5.33. The minimum absolute atomic E-state index is 0.00707. The second kappa shape index (κ2) is 10.1. The highest BCUT2D eigenvalue weighted by molar-refractivity contribution is 6.31. The Bertz CT molecular complexity index is 1740. The molecule has 7 nitrogen and oxygen atoms in total. The lowest BCUT2D eigenvalue weighted by Crippen LogP contribution is -2.26. The lowest BCUT2D eigenvalue weighted by atomic mass is 10.0. The standard InChI is InChI=1S/C26H19ClF6N6O/c1-14-22(27)23(26(31,32)33)37-38(14)10-4-9-34-24(40)19-13-21-35-18(12-20(25(28,29)30)39(21)36-19)17-8-7-15-5-2-3-6-16(15)11-17/h2-3,5-8,11-13H,4,9-10H2,1H3,(H,34,40). The van der Waals surface area contributed by atoms with E-state index in [4.69, 9.17) is 11.6 Å². The molecule has 0 fully saturated rings. The number of benzene rings is 2. The van der Waals surface area contributed by atoms with Gasteiger partial charge in [-0.15, -0.1) is 0 Å². The molecule has 5 rings (SSSR count). The van der Waals surface area contributed by atoms with Crippen molar-refractivity contribution in [3.05, 3.63) is 82.4 Å². The van der Waals surface area contributed by atoms with Crippen LogP contribution in [0.1, 0.15) is 34.0 Å². The first-order valence-electron chi connectivity index (χ1n) is 11.9. The van der Waals surface area contributed by atoms with Crippen molar-refractivity contribution >= 4 is 33.9 Å². The number of aromatic nitrogens is 5. The molecule has 14 heteroatoms. The molecule has 5 aromatic rings. The molecule has 3 heterocycles. The molecule has 0 unspecified atom stereocenters. The van der Waals surface area contributed by atoms with E-state index in [1.165, 1.54) is 6.92 Å². The number of halogens is 7. The summed E-state index contributed by atoms with van der Waals surface area (Å²) < 4.78 is 82.5. The summed E-state index contributed by atoms with van der Waals surface area (Å²) in [4.78, 5) is 17.0. The average Bonchev–Trinajstić information content (AvgIpc) is 3.46. The van der Waals surface area contributed by atoms with E-state index in [-0.39, 0.29) is 42.2 Å². The second-order valence-electron chi connectivity index (χ2n) is 8.96. The van der Waals surface area contributed by atoms with Gasteiger partial charge in [0.15, 0.2) is 22.7 Å². The maximum absolute atomic E-state index is 13.9. The second-order valence-corrected chi connectivity index (χ2v) is 9.34. The van der Waals surface area contributed by atoms with Crippen molar-refractivity contribution in [3.8, 4) is 11.3 Å². The van der Waals surface area contributed by atoms with E-state index >= 15 is 0 Å². The van der Waals surface area contributed by atoms with Gasteiger partial charge in [0, 0.05) is 24.7 Å². The number of hydrogen-bond donors (Lipinski definition) is 1. The van der Waals surface area contributed by atoms with Crippen molar-refractivity contribution in [3.63, 3.8) is 0 Å². The molecule has 3 aromatic heterocycles. The molecule has 0 bridgehead atoms. The molecule has 40 heavy (non-hydrogen) atoms. The average molecular weight is 581 g/mol. The summed E-state index contributed by atoms with van der Waals surface area (Å²) in [6, 6.07) is 14.6. The Morgan fingerprint density at radius 2 is 1.68 bits per heavy atom. The molecule has 0 saturated carbocycles. The first-order valence-corrected chi connectivity index (χ1v) is 12.3. The van der Waals surface area contributed by atoms with Crippen molar-refractivity contribution in [1.29, 1.82) is 0 Å². The molecule has 208 valence electrons. The van der Waals surface area contributed by atoms with Crippen LogP contribution in [-0.4, -0.2) is 36.8 Å². The van der Waals surface area contributed by atoms with Gasteiger partial charge in [0.05, 0.1) is 16.4 Å². The van der Waals surface area contributed by atoms with Gasteiger partial charge in [0.1, 0.15) is 0 Å². The predicted octanol–water partition coefficient (Wildman–Crippen LogP) is 6.57. The highest BCUT2D eigenvalue weighted by atomic mass is 35.5. The summed E-state index contributed by atoms with van der Waals surface area (Å²) >= 11 is 5.73. The van der Waals surface area contributed by atoms with Crippen molar-refractivity contribution < 1.29 is 31.1 Å². The summed E-state index contributed by atoms with van der Waals surface area (Å²) in [6.45, 7) is 1.39. The maximum Gasteiger partial charge on any atom is 0.436 e. The molecule has 1 amide bonds. The number of amides is 1. The normalized spacial score (nSPS) is 12.4. The maximum atomic E-state index is 13.9. The van der Waals surface area contributed by atoms with Crippen molar-refractivity contribution in [2.45, 2.75) is 32.2 Å². The molecule has 0 spiro atoms. The number of fused-ring (bicyclic) bond motifs is 2. The summed E-state index contributed by atoms with van der Waals surface area (Å²) in [6.07, 6.45) is -9.32. The summed E-state index contributed by atoms with van der Waals surface area (Å²) in [5, 5.41) is 11.0. The minimum Gasteiger partial charge on any atom is -0.351 e. The molecule has 0 aliphatic carbocycles. The first-order chi connectivity index (χ1) is 18.8. The number of hydrogen-bond acceptors (Lipinski definition) is 4. The number of alkyl halides is 6. The fourth-order valence-corrected chi connectivity index (χ4v) is 4.47. The highest BCUT2D eigenvalue weighted by Gasteiger charge is 2.38. The van der Waals surface area contributed by atoms with Gasteiger partial charge in [-0.3, -0.25) is 9.48 Å². The lowest BCUT2D eigenvalue weighted by molar-refractivity contribution is -0.143. The highest BCUT2D eigenvalue weighted by Crippen LogP contribution is 2.35. The zero-order chi connectivity index (χ0) is 28.8. The Morgan fingerprint density at radius 3 is 2.35 bits per heavy atom. The van der Waals surface area contributed by atoms with E-state index in [0.717, 1.165) is 27.6 Å². The molecule has 2 aromatic carbocycles. The molecule has 0 saturated heterocycles. The zero-order valence-electron chi connectivity index (χ0n) is 20.6. The first kappa shape index (κ1) is 27.4. The van der Waals surface area contributed by atoms with E-state index in [9.17, 15) is 31.1 Å². The Morgan fingerprint density at radius 1 is 0.950 bits per heavy atom. The van der Waals surface area contributed by atoms with Crippen LogP contribution in [0, 0.1) is 6.92 Å². The third-order valence-corrected chi connectivity index (χ3v) is 6.68. The zero-order valence-corrected chi connectivity index (χ0v) is 21.4. The van der Waals surface area contributed by atoms with Gasteiger partial charge in [0.2, 0.25) is 0 Å². The third-order valence-electron chi connectivity index (χ3n) is 6.23. The molecular formula is C26H19ClF6N6O. The smallest absolute Gasteiger partial charge is 0.351 e. The Labute approximate surface area is 227 Å². The fourth-order valence-electron chi connectivity index (χ4n) is 4.23. The van der Waals surface area contributed by atoms with Gasteiger partial charge in [-0.25, -0.2) is 9.50 Å². The van der Waals surface area contributed by atoms with E-state index in [0.29, 0.717) is 10.1 Å². The van der Waals surface area contributed by atoms with Crippen LogP contribution in [0.15, 0.2) is 54.6 Å². The number of nitrogens with one attached hydrogen (secondary N) is 1. The van der Waals surface area contributed by atoms with Crippen LogP contribution >= 0.6 is 11.6 Å². The van der Waals surface area contributed by atoms with Crippen LogP contribution in [0.25, 0.3) is 27.7 Å². The summed E-state index contributed by atoms with van der Waals surface area (Å²) in [5.41, 5.74) is -2.14. The van der Waals surface area contributed by atoms with Crippen molar-refractivity contribution in [1.82, 2.24) is 29.7 Å². The van der Waals surface area contributed by atoms with Gasteiger partial charge in [-0.2, -0.15) is 36.5 Å². The number of rotatable bonds is 6. The lowest BCUT2D eigenvalue weighted by Gasteiger charge is -2.11. The monoisotopic (exact) mass is 580 g/mol. The van der Waals surface area contributed by atoms with Gasteiger partial charge >= 0.3 is 12.4 Å². The Balaban J connectivity index is 1.35. The number of carbonyl (C=O) groups excluding carboxylic acids is 1. The van der Waals surface area contributed by atoms with E-state index in [2.05, 4.69) is 20.5 Å². The predicted molar refractivity (Wildman–Crippen MR) is 135 cm³/mol. The van der Waals surface area contributed by atoms with Crippen LogP contribution in [0.5, 0.6) is 0 Å². The van der Waals surface area contributed by atoms with E-state index in [1.54, 1.807) is 18.2 Å². The van der Waals surface area contributed by atoms with Crippen LogP contribution < -0.4 is 5.32 Å². The number of aryl methyl sites for hydroxylation is 1. The summed E-state index contributed by atoms with van der Waals surface area (Å²) in [5.74, 6) is -0.767. The van der Waals surface area contributed by atoms with Crippen LogP contribution in [0.4, 0.5) is 26.3 Å². The Hall–Kier alpha value is -4.13. The Kier molecular flexibility index (Phi) is 6.94. The fraction of sp³-hybridized carbons (Fsp3) is 0.231. The topological polar surface area (TPSA) is 77.1 Å². The SMILES string of the molecule is Cc1c(Cl)c(C(F)(F)F)nn1CCCNC(=O)c1cc2nc(-c3ccc4ccccc4c3)cc(C(F)(F)F)n2n1. The largest absolute Gasteiger partial charge is 0.436 e. The minimum atomic E-state index is -4.79. The number of nitrogens with zero attached hydrogens (tertiary/aromatic N) is 5. The summed E-state index contributed by atoms with van der Waals surface area (Å²) in [7, 11) is 0. The molecule has 1 N–H and O–H groups in total. The van der Waals surface area contributed by atoms with E-state index < -0.39 is 34.7 Å². The van der Waals surface area contributed by atoms with Crippen LogP contribution in [0.3, 0.4) is 0 Å². The van der Waals surface area contributed by atoms with Crippen molar-refractivity contribution in [2.24, 2.45) is 0 Å². The van der Waals surface area contributed by atoms with Crippen LogP contribution in [-0.2, 0) is 18.9 Å². The number of carbonyl (C=O) groups is 1. The van der Waals surface area contributed by atoms with Crippen molar-refractivity contribution in [2.75, 3.05) is 6.54 Å². The van der Waals surface area contributed by atoms with Gasteiger partial charge < -0.3 is 5.32 Å². The van der Waals surface area contributed by atoms with Crippen LogP contribution in [0.2, 0.25) is 5.02 Å².